The Bertz CT molecular complexity index is 1580. The number of carbonyl (C=O) groups is 2. The predicted octanol–water partition coefficient (Wildman–Crippen LogP) is 4.23. The van der Waals surface area contributed by atoms with Crippen LogP contribution in [0.15, 0.2) is 54.9 Å². The lowest BCUT2D eigenvalue weighted by Gasteiger charge is -2.57. The molecule has 0 unspecified atom stereocenters. The molecule has 9 heteroatoms. The number of hydrogen-bond donors (Lipinski definition) is 1. The van der Waals surface area contributed by atoms with Crippen LogP contribution >= 0.6 is 0 Å². The summed E-state index contributed by atoms with van der Waals surface area (Å²) < 4.78 is 0. The van der Waals surface area contributed by atoms with Crippen LogP contribution in [0.2, 0.25) is 0 Å². The molecule has 5 aliphatic rings. The van der Waals surface area contributed by atoms with Crippen molar-refractivity contribution < 1.29 is 14.7 Å². The number of rotatable bonds is 5. The lowest BCUT2D eigenvalue weighted by Crippen LogP contribution is -2.51. The van der Waals surface area contributed by atoms with E-state index >= 15 is 0 Å². The van der Waals surface area contributed by atoms with E-state index in [2.05, 4.69) is 31.9 Å². The number of hydrogen-bond acceptors (Lipinski definition) is 7. The van der Waals surface area contributed by atoms with Crippen molar-refractivity contribution in [1.29, 1.82) is 0 Å². The molecule has 4 bridgehead atoms. The van der Waals surface area contributed by atoms with Gasteiger partial charge in [-0.05, 0) is 98.1 Å². The van der Waals surface area contributed by atoms with Crippen molar-refractivity contribution in [2.75, 3.05) is 44.7 Å². The maximum Gasteiger partial charge on any atom is 0.274 e. The molecule has 1 saturated heterocycles. The van der Waals surface area contributed by atoms with E-state index < -0.39 is 0 Å². The molecule has 44 heavy (non-hydrogen) atoms. The van der Waals surface area contributed by atoms with E-state index in [9.17, 15) is 14.7 Å². The number of phenolic OH excluding ortho intramolecular Hbond substituents is 1. The van der Waals surface area contributed by atoms with Gasteiger partial charge >= 0.3 is 0 Å². The Morgan fingerprint density at radius 2 is 1.61 bits per heavy atom. The zero-order chi connectivity index (χ0) is 30.3. The maximum absolute atomic E-state index is 13.3. The summed E-state index contributed by atoms with van der Waals surface area (Å²) in [6, 6.07) is 12.1. The average molecular weight is 591 g/mol. The molecule has 4 saturated carbocycles. The molecule has 0 atom stereocenters. The molecule has 2 amide bonds. The standard InChI is InChI=1S/C35H38N6O3/c1-39(23-35-18-26-13-27(19-35)15-28(14-26)20-35)34(44)31-7-8-32(38-37-31)40-9-11-41(12-10-40)33(43)29-16-25(21-36-22-29)6-5-24-3-2-4-30(42)17-24/h2-4,7-8,16-17,21-22,26-28,42H,9-15,18-20,23H2,1H3. The van der Waals surface area contributed by atoms with E-state index in [0.29, 0.717) is 59.8 Å². The highest BCUT2D eigenvalue weighted by Gasteiger charge is 2.51. The average Bonchev–Trinajstić information content (AvgIpc) is 3.02. The lowest BCUT2D eigenvalue weighted by atomic mass is 9.49. The summed E-state index contributed by atoms with van der Waals surface area (Å²) in [7, 11) is 1.92. The van der Waals surface area contributed by atoms with Crippen LogP contribution in [0.4, 0.5) is 5.82 Å². The van der Waals surface area contributed by atoms with Crippen molar-refractivity contribution >= 4 is 17.6 Å². The number of aromatic nitrogens is 3. The molecule has 3 aromatic rings. The van der Waals surface area contributed by atoms with E-state index in [4.69, 9.17) is 0 Å². The predicted molar refractivity (Wildman–Crippen MR) is 166 cm³/mol. The third-order valence-electron chi connectivity index (χ3n) is 10.0. The van der Waals surface area contributed by atoms with Gasteiger partial charge in [-0.2, -0.15) is 0 Å². The zero-order valence-electron chi connectivity index (χ0n) is 25.2. The summed E-state index contributed by atoms with van der Waals surface area (Å²) in [5, 5.41) is 18.4. The Labute approximate surface area is 258 Å². The Balaban J connectivity index is 0.934. The summed E-state index contributed by atoms with van der Waals surface area (Å²) in [6.07, 6.45) is 11.2. The van der Waals surface area contributed by atoms with Gasteiger partial charge in [0.15, 0.2) is 11.5 Å². The van der Waals surface area contributed by atoms with E-state index in [0.717, 1.165) is 24.3 Å². The Morgan fingerprint density at radius 1 is 0.909 bits per heavy atom. The second-order valence-corrected chi connectivity index (χ2v) is 13.4. The van der Waals surface area contributed by atoms with Gasteiger partial charge in [0.05, 0.1) is 5.56 Å². The van der Waals surface area contributed by atoms with Crippen molar-refractivity contribution in [2.24, 2.45) is 23.2 Å². The first kappa shape index (κ1) is 28.3. The number of pyridine rings is 1. The van der Waals surface area contributed by atoms with Gasteiger partial charge in [0.25, 0.3) is 11.8 Å². The van der Waals surface area contributed by atoms with Crippen LogP contribution in [0.25, 0.3) is 0 Å². The SMILES string of the molecule is CN(CC12CC3CC(CC(C3)C1)C2)C(=O)c1ccc(N2CCN(C(=O)c3cncc(C#Cc4cccc(O)c4)c3)CC2)nn1. The number of amides is 2. The number of phenols is 1. The van der Waals surface area contributed by atoms with Gasteiger partial charge in [0.2, 0.25) is 0 Å². The summed E-state index contributed by atoms with van der Waals surface area (Å²) >= 11 is 0. The minimum atomic E-state index is -0.0905. The number of benzene rings is 1. The summed E-state index contributed by atoms with van der Waals surface area (Å²) in [5.74, 6) is 9.32. The highest BCUT2D eigenvalue weighted by atomic mass is 16.3. The molecule has 2 aromatic heterocycles. The van der Waals surface area contributed by atoms with E-state index in [-0.39, 0.29) is 17.6 Å². The van der Waals surface area contributed by atoms with Crippen LogP contribution in [0, 0.1) is 35.0 Å². The number of anilines is 1. The van der Waals surface area contributed by atoms with Gasteiger partial charge in [0, 0.05) is 63.3 Å². The number of piperazine rings is 1. The Morgan fingerprint density at radius 3 is 2.27 bits per heavy atom. The van der Waals surface area contributed by atoms with Gasteiger partial charge in [-0.1, -0.05) is 17.9 Å². The molecule has 5 fully saturated rings. The van der Waals surface area contributed by atoms with Crippen molar-refractivity contribution in [1.82, 2.24) is 25.0 Å². The zero-order valence-corrected chi connectivity index (χ0v) is 25.2. The van der Waals surface area contributed by atoms with Gasteiger partial charge in [0.1, 0.15) is 5.75 Å². The van der Waals surface area contributed by atoms with Crippen molar-refractivity contribution in [3.8, 4) is 17.6 Å². The smallest absolute Gasteiger partial charge is 0.274 e. The molecule has 8 rings (SSSR count). The van der Waals surface area contributed by atoms with Crippen LogP contribution in [-0.4, -0.2) is 81.7 Å². The molecule has 0 spiro atoms. The van der Waals surface area contributed by atoms with Crippen molar-refractivity contribution in [3.05, 3.63) is 77.2 Å². The molecule has 1 aliphatic heterocycles. The molecule has 9 nitrogen and oxygen atoms in total. The largest absolute Gasteiger partial charge is 0.508 e. The fraction of sp³-hybridized carbons (Fsp3) is 0.457. The monoisotopic (exact) mass is 590 g/mol. The summed E-state index contributed by atoms with van der Waals surface area (Å²) in [6.45, 7) is 3.12. The molecular weight excluding hydrogens is 552 g/mol. The van der Waals surface area contributed by atoms with Gasteiger partial charge in [-0.25, -0.2) is 0 Å². The topological polar surface area (TPSA) is 103 Å². The van der Waals surface area contributed by atoms with E-state index in [1.807, 2.05) is 29.0 Å². The highest BCUT2D eigenvalue weighted by Crippen LogP contribution is 2.60. The first-order valence-corrected chi connectivity index (χ1v) is 15.7. The maximum atomic E-state index is 13.3. The third kappa shape index (κ3) is 5.86. The van der Waals surface area contributed by atoms with Crippen molar-refractivity contribution in [3.63, 3.8) is 0 Å². The first-order valence-electron chi connectivity index (χ1n) is 15.7. The quantitative estimate of drug-likeness (QED) is 0.444. The fourth-order valence-electron chi connectivity index (χ4n) is 8.54. The minimum absolute atomic E-state index is 0.0577. The number of nitrogens with zero attached hydrogens (tertiary/aromatic N) is 6. The van der Waals surface area contributed by atoms with Crippen LogP contribution < -0.4 is 4.90 Å². The molecule has 0 radical (unpaired) electrons. The van der Waals surface area contributed by atoms with Crippen LogP contribution in [0.1, 0.15) is 70.5 Å². The van der Waals surface area contributed by atoms with Crippen LogP contribution in [0.3, 0.4) is 0 Å². The van der Waals surface area contributed by atoms with Crippen LogP contribution in [0.5, 0.6) is 5.75 Å². The number of aromatic hydroxyl groups is 1. The summed E-state index contributed by atoms with van der Waals surface area (Å²) in [4.78, 5) is 36.6. The molecule has 4 aliphatic carbocycles. The highest BCUT2D eigenvalue weighted by molar-refractivity contribution is 5.94. The van der Waals surface area contributed by atoms with E-state index in [1.165, 1.54) is 38.5 Å². The second kappa shape index (κ2) is 11.6. The Hall–Kier alpha value is -4.45. The second-order valence-electron chi connectivity index (χ2n) is 13.4. The van der Waals surface area contributed by atoms with Crippen LogP contribution in [-0.2, 0) is 0 Å². The normalized spacial score (nSPS) is 25.3. The molecule has 3 heterocycles. The minimum Gasteiger partial charge on any atom is -0.508 e. The lowest BCUT2D eigenvalue weighted by molar-refractivity contribution is -0.0629. The molecule has 226 valence electrons. The molecule has 1 N–H and O–H groups in total. The van der Waals surface area contributed by atoms with Crippen molar-refractivity contribution in [2.45, 2.75) is 38.5 Å². The van der Waals surface area contributed by atoms with E-state index in [1.54, 1.807) is 42.7 Å². The Kier molecular flexibility index (Phi) is 7.45. The molecule has 1 aromatic carbocycles. The molecular formula is C35H38N6O3. The third-order valence-corrected chi connectivity index (χ3v) is 10.0. The van der Waals surface area contributed by atoms with Gasteiger partial charge in [-0.3, -0.25) is 14.6 Å². The van der Waals surface area contributed by atoms with Gasteiger partial charge in [-0.15, -0.1) is 10.2 Å². The first-order chi connectivity index (χ1) is 21.3. The number of carbonyl (C=O) groups excluding carboxylic acids is 2. The fourth-order valence-corrected chi connectivity index (χ4v) is 8.54. The summed E-state index contributed by atoms with van der Waals surface area (Å²) in [5.41, 5.74) is 2.48. The van der Waals surface area contributed by atoms with Gasteiger partial charge < -0.3 is 19.8 Å².